The van der Waals surface area contributed by atoms with Crippen molar-refractivity contribution in [3.05, 3.63) is 41.6 Å². The zero-order valence-electron chi connectivity index (χ0n) is 13.4. The largest absolute Gasteiger partial charge is 0.391 e. The number of aliphatic hydroxyl groups is 1. The maximum Gasteiger partial charge on any atom is 0.229 e. The first-order valence-corrected chi connectivity index (χ1v) is 7.79. The highest BCUT2D eigenvalue weighted by molar-refractivity contribution is 5.86. The number of aromatic nitrogens is 4. The Hall–Kier alpha value is -2.81. The minimum absolute atomic E-state index is 0.156. The van der Waals surface area contributed by atoms with Crippen molar-refractivity contribution in [1.82, 2.24) is 19.7 Å². The van der Waals surface area contributed by atoms with E-state index < -0.39 is 23.8 Å². The summed E-state index contributed by atoms with van der Waals surface area (Å²) in [4.78, 5) is 10.4. The van der Waals surface area contributed by atoms with E-state index in [2.05, 4.69) is 15.1 Å². The molecule has 7 nitrogen and oxygen atoms in total. The lowest BCUT2D eigenvalue weighted by Crippen LogP contribution is -2.27. The topological polar surface area (TPSA) is 93.1 Å². The molecule has 1 aliphatic rings. The molecule has 0 aliphatic carbocycles. The third-order valence-electron chi connectivity index (χ3n) is 4.46. The number of benzene rings is 1. The summed E-state index contributed by atoms with van der Waals surface area (Å²) in [6.07, 6.45) is 1.10. The Morgan fingerprint density at radius 2 is 2.08 bits per heavy atom. The van der Waals surface area contributed by atoms with Gasteiger partial charge in [0.05, 0.1) is 23.7 Å². The number of hydrogen-bond acceptors (Lipinski definition) is 6. The standard InChI is InChI=1S/C16H16F2N6O/c1-23-15-11(6-20-23)14(19)21-16(22-15)24-7-9(25)5-13(24)10-4-8(17)2-3-12(10)18/h2-4,6,9,13,25H,5,7H2,1H3,(H2,19,21,22)/t9-,13-/m0/s1. The van der Waals surface area contributed by atoms with Crippen molar-refractivity contribution in [2.24, 2.45) is 7.05 Å². The SMILES string of the molecule is Cn1ncc2c(N)nc(N3C[C@@H](O)C[C@H]3c3cc(F)ccc3F)nc21. The van der Waals surface area contributed by atoms with E-state index in [0.717, 1.165) is 18.2 Å². The lowest BCUT2D eigenvalue weighted by molar-refractivity contribution is 0.194. The molecule has 2 atom stereocenters. The average molecular weight is 346 g/mol. The van der Waals surface area contributed by atoms with Crippen molar-refractivity contribution >= 4 is 22.8 Å². The molecular weight excluding hydrogens is 330 g/mol. The van der Waals surface area contributed by atoms with Crippen molar-refractivity contribution < 1.29 is 13.9 Å². The molecule has 0 bridgehead atoms. The van der Waals surface area contributed by atoms with Crippen LogP contribution in [0.15, 0.2) is 24.4 Å². The summed E-state index contributed by atoms with van der Waals surface area (Å²) >= 11 is 0. The van der Waals surface area contributed by atoms with Crippen LogP contribution in [-0.4, -0.2) is 37.5 Å². The molecule has 3 aromatic rings. The van der Waals surface area contributed by atoms with Crippen LogP contribution in [0.25, 0.3) is 11.0 Å². The summed E-state index contributed by atoms with van der Waals surface area (Å²) in [6, 6.07) is 2.69. The molecule has 3 heterocycles. The number of aliphatic hydroxyl groups excluding tert-OH is 1. The summed E-state index contributed by atoms with van der Waals surface area (Å²) in [5.74, 6) is -0.591. The summed E-state index contributed by atoms with van der Waals surface area (Å²) in [5, 5.41) is 14.8. The first-order chi connectivity index (χ1) is 11.9. The number of fused-ring (bicyclic) bond motifs is 1. The van der Waals surface area contributed by atoms with Crippen molar-refractivity contribution in [3.8, 4) is 0 Å². The van der Waals surface area contributed by atoms with E-state index in [1.165, 1.54) is 0 Å². The van der Waals surface area contributed by atoms with E-state index in [9.17, 15) is 13.9 Å². The minimum Gasteiger partial charge on any atom is -0.391 e. The zero-order valence-corrected chi connectivity index (χ0v) is 13.4. The quantitative estimate of drug-likeness (QED) is 0.731. The maximum absolute atomic E-state index is 14.2. The molecule has 9 heteroatoms. The number of rotatable bonds is 2. The smallest absolute Gasteiger partial charge is 0.229 e. The van der Waals surface area contributed by atoms with Gasteiger partial charge < -0.3 is 15.7 Å². The third-order valence-corrected chi connectivity index (χ3v) is 4.46. The van der Waals surface area contributed by atoms with Crippen LogP contribution in [0.3, 0.4) is 0 Å². The normalized spacial score (nSPS) is 20.6. The van der Waals surface area contributed by atoms with E-state index >= 15 is 0 Å². The molecule has 3 N–H and O–H groups in total. The third kappa shape index (κ3) is 2.56. The lowest BCUT2D eigenvalue weighted by Gasteiger charge is -2.25. The Labute approximate surface area is 141 Å². The molecule has 1 aromatic carbocycles. The Bertz CT molecular complexity index is 959. The average Bonchev–Trinajstić information content (AvgIpc) is 3.13. The number of aryl methyl sites for hydroxylation is 1. The van der Waals surface area contributed by atoms with E-state index in [-0.39, 0.29) is 30.3 Å². The Balaban J connectivity index is 1.82. The molecule has 25 heavy (non-hydrogen) atoms. The zero-order chi connectivity index (χ0) is 17.7. The van der Waals surface area contributed by atoms with Crippen LogP contribution in [0.2, 0.25) is 0 Å². The molecular formula is C16H16F2N6O. The van der Waals surface area contributed by atoms with Gasteiger partial charge in [0.2, 0.25) is 5.95 Å². The first-order valence-electron chi connectivity index (χ1n) is 7.79. The molecule has 1 aliphatic heterocycles. The number of halogens is 2. The van der Waals surface area contributed by atoms with Crippen LogP contribution in [0.5, 0.6) is 0 Å². The van der Waals surface area contributed by atoms with Crippen molar-refractivity contribution in [2.45, 2.75) is 18.6 Å². The molecule has 4 rings (SSSR count). The Morgan fingerprint density at radius 3 is 2.88 bits per heavy atom. The van der Waals surface area contributed by atoms with E-state index in [1.54, 1.807) is 22.8 Å². The molecule has 0 radical (unpaired) electrons. The van der Waals surface area contributed by atoms with Gasteiger partial charge in [0, 0.05) is 19.2 Å². The van der Waals surface area contributed by atoms with Crippen LogP contribution in [0.4, 0.5) is 20.5 Å². The molecule has 1 fully saturated rings. The number of anilines is 2. The van der Waals surface area contributed by atoms with Gasteiger partial charge in [-0.3, -0.25) is 4.68 Å². The van der Waals surface area contributed by atoms with Crippen LogP contribution >= 0.6 is 0 Å². The molecule has 1 saturated heterocycles. The maximum atomic E-state index is 14.2. The summed E-state index contributed by atoms with van der Waals surface area (Å²) < 4.78 is 29.4. The van der Waals surface area contributed by atoms with Gasteiger partial charge in [-0.15, -0.1) is 0 Å². The van der Waals surface area contributed by atoms with Crippen LogP contribution in [0.1, 0.15) is 18.0 Å². The van der Waals surface area contributed by atoms with Gasteiger partial charge in [0.1, 0.15) is 17.5 Å². The molecule has 0 unspecified atom stereocenters. The molecule has 0 amide bonds. The summed E-state index contributed by atoms with van der Waals surface area (Å²) in [6.45, 7) is 0.198. The van der Waals surface area contributed by atoms with Crippen molar-refractivity contribution in [2.75, 3.05) is 17.2 Å². The van der Waals surface area contributed by atoms with Gasteiger partial charge >= 0.3 is 0 Å². The second-order valence-corrected chi connectivity index (χ2v) is 6.14. The Kier molecular flexibility index (Phi) is 3.53. The predicted octanol–water partition coefficient (Wildman–Crippen LogP) is 1.54. The molecule has 0 spiro atoms. The van der Waals surface area contributed by atoms with Gasteiger partial charge in [0.25, 0.3) is 0 Å². The fraction of sp³-hybridized carbons (Fsp3) is 0.312. The van der Waals surface area contributed by atoms with Crippen LogP contribution in [-0.2, 0) is 7.05 Å². The number of β-amino-alcohol motifs (C(OH)–C–C–N with tert-alkyl or cyclic N) is 1. The fourth-order valence-corrected chi connectivity index (χ4v) is 3.26. The lowest BCUT2D eigenvalue weighted by atomic mass is 10.0. The number of nitrogen functional groups attached to an aromatic ring is 1. The minimum atomic E-state index is -0.709. The van der Waals surface area contributed by atoms with E-state index in [0.29, 0.717) is 11.0 Å². The predicted molar refractivity (Wildman–Crippen MR) is 87.8 cm³/mol. The van der Waals surface area contributed by atoms with Crippen LogP contribution in [0, 0.1) is 11.6 Å². The first kappa shape index (κ1) is 15.7. The van der Waals surface area contributed by atoms with Crippen molar-refractivity contribution in [3.63, 3.8) is 0 Å². The van der Waals surface area contributed by atoms with Gasteiger partial charge in [-0.05, 0) is 24.6 Å². The number of nitrogens with zero attached hydrogens (tertiary/aromatic N) is 5. The molecule has 0 saturated carbocycles. The van der Waals surface area contributed by atoms with Crippen molar-refractivity contribution in [1.29, 1.82) is 0 Å². The number of hydrogen-bond donors (Lipinski definition) is 2. The number of nitrogens with two attached hydrogens (primary N) is 1. The molecule has 130 valence electrons. The van der Waals surface area contributed by atoms with E-state index in [1.807, 2.05) is 0 Å². The van der Waals surface area contributed by atoms with Crippen LogP contribution < -0.4 is 10.6 Å². The second kappa shape index (κ2) is 5.62. The fourth-order valence-electron chi connectivity index (χ4n) is 3.26. The highest BCUT2D eigenvalue weighted by Crippen LogP contribution is 2.37. The van der Waals surface area contributed by atoms with Gasteiger partial charge in [-0.1, -0.05) is 0 Å². The van der Waals surface area contributed by atoms with Gasteiger partial charge in [-0.2, -0.15) is 15.1 Å². The molecule has 2 aromatic heterocycles. The highest BCUT2D eigenvalue weighted by Gasteiger charge is 2.36. The van der Waals surface area contributed by atoms with Gasteiger partial charge in [-0.25, -0.2) is 8.78 Å². The summed E-state index contributed by atoms with van der Waals surface area (Å²) in [5.41, 5.74) is 6.67. The van der Waals surface area contributed by atoms with Gasteiger partial charge in [0.15, 0.2) is 5.65 Å². The summed E-state index contributed by atoms with van der Waals surface area (Å²) in [7, 11) is 1.72. The van der Waals surface area contributed by atoms with E-state index in [4.69, 9.17) is 5.73 Å². The second-order valence-electron chi connectivity index (χ2n) is 6.14. The highest BCUT2D eigenvalue weighted by atomic mass is 19.1. The monoisotopic (exact) mass is 346 g/mol. The Morgan fingerprint density at radius 1 is 1.28 bits per heavy atom.